The number of rotatable bonds is 2. The van der Waals surface area contributed by atoms with E-state index in [0.29, 0.717) is 5.69 Å². The summed E-state index contributed by atoms with van der Waals surface area (Å²) >= 11 is 5.67. The molecule has 5 heteroatoms. The molecule has 0 bridgehead atoms. The van der Waals surface area contributed by atoms with Crippen molar-refractivity contribution < 1.29 is 9.53 Å². The first kappa shape index (κ1) is 9.67. The molecule has 0 radical (unpaired) electrons. The van der Waals surface area contributed by atoms with Crippen molar-refractivity contribution in [2.75, 3.05) is 7.11 Å². The third-order valence-electron chi connectivity index (χ3n) is 1.26. The van der Waals surface area contributed by atoms with Crippen molar-refractivity contribution in [2.45, 2.75) is 0 Å². The van der Waals surface area contributed by atoms with Crippen molar-refractivity contribution in [1.82, 2.24) is 9.97 Å². The number of hydrogen-bond acceptors (Lipinski definition) is 4. The van der Waals surface area contributed by atoms with Crippen LogP contribution < -0.4 is 0 Å². The number of esters is 1. The first-order valence-electron chi connectivity index (χ1n) is 3.46. The van der Waals surface area contributed by atoms with Crippen LogP contribution in [0.25, 0.3) is 6.08 Å². The minimum atomic E-state index is -0.457. The Labute approximate surface area is 80.2 Å². The third-order valence-corrected chi connectivity index (χ3v) is 1.55. The monoisotopic (exact) mass is 198 g/mol. The lowest BCUT2D eigenvalue weighted by molar-refractivity contribution is -0.134. The highest BCUT2D eigenvalue weighted by Gasteiger charge is 1.98. The number of carbonyl (C=O) groups is 1. The lowest BCUT2D eigenvalue weighted by Crippen LogP contribution is -1.94. The molecule has 0 atom stereocenters. The van der Waals surface area contributed by atoms with Crippen molar-refractivity contribution in [2.24, 2.45) is 0 Å². The minimum Gasteiger partial charge on any atom is -0.466 e. The van der Waals surface area contributed by atoms with Crippen molar-refractivity contribution >= 4 is 23.6 Å². The highest BCUT2D eigenvalue weighted by Crippen LogP contribution is 2.09. The van der Waals surface area contributed by atoms with E-state index < -0.39 is 5.97 Å². The fraction of sp³-hybridized carbons (Fsp3) is 0.125. The molecular weight excluding hydrogens is 192 g/mol. The smallest absolute Gasteiger partial charge is 0.330 e. The van der Waals surface area contributed by atoms with Gasteiger partial charge in [0.05, 0.1) is 7.11 Å². The lowest BCUT2D eigenvalue weighted by Gasteiger charge is -1.93. The van der Waals surface area contributed by atoms with E-state index in [9.17, 15) is 4.79 Å². The number of halogens is 1. The fourth-order valence-electron chi connectivity index (χ4n) is 0.659. The molecule has 0 amide bonds. The van der Waals surface area contributed by atoms with Crippen LogP contribution in [-0.4, -0.2) is 23.0 Å². The quantitative estimate of drug-likeness (QED) is 0.531. The van der Waals surface area contributed by atoms with E-state index in [0.717, 1.165) is 0 Å². The molecular formula is C8H7ClN2O2. The molecule has 68 valence electrons. The number of methoxy groups -OCH3 is 1. The first-order chi connectivity index (χ1) is 6.24. The molecule has 0 saturated heterocycles. The van der Waals surface area contributed by atoms with Crippen LogP contribution in [0.5, 0.6) is 0 Å². The Hall–Kier alpha value is -1.42. The summed E-state index contributed by atoms with van der Waals surface area (Å²) in [7, 11) is 1.30. The largest absolute Gasteiger partial charge is 0.466 e. The van der Waals surface area contributed by atoms with Crippen LogP contribution >= 0.6 is 11.6 Å². The molecule has 0 aliphatic heterocycles. The fourth-order valence-corrected chi connectivity index (χ4v) is 0.827. The molecule has 0 spiro atoms. The van der Waals surface area contributed by atoms with E-state index >= 15 is 0 Å². The van der Waals surface area contributed by atoms with Crippen LogP contribution in [0, 0.1) is 0 Å². The maximum absolute atomic E-state index is 10.7. The molecule has 0 aromatic carbocycles. The van der Waals surface area contributed by atoms with Crippen LogP contribution in [0.3, 0.4) is 0 Å². The van der Waals surface area contributed by atoms with Crippen LogP contribution in [0.1, 0.15) is 5.69 Å². The minimum absolute atomic E-state index is 0.252. The number of ether oxygens (including phenoxy) is 1. The average molecular weight is 199 g/mol. The zero-order valence-corrected chi connectivity index (χ0v) is 7.65. The van der Waals surface area contributed by atoms with E-state index in [2.05, 4.69) is 14.7 Å². The van der Waals surface area contributed by atoms with Gasteiger partial charge in [-0.15, -0.1) is 0 Å². The molecule has 1 rings (SSSR count). The maximum Gasteiger partial charge on any atom is 0.330 e. The van der Waals surface area contributed by atoms with E-state index in [1.807, 2.05) is 0 Å². The highest BCUT2D eigenvalue weighted by atomic mass is 35.5. The second-order valence-electron chi connectivity index (χ2n) is 2.09. The predicted molar refractivity (Wildman–Crippen MR) is 48.1 cm³/mol. The molecule has 1 aromatic rings. The van der Waals surface area contributed by atoms with Crippen molar-refractivity contribution in [1.29, 1.82) is 0 Å². The predicted octanol–water partition coefficient (Wildman–Crippen LogP) is 1.32. The van der Waals surface area contributed by atoms with Crippen molar-refractivity contribution in [3.05, 3.63) is 29.3 Å². The molecule has 4 nitrogen and oxygen atoms in total. The molecule has 0 aliphatic carbocycles. The van der Waals surface area contributed by atoms with Gasteiger partial charge in [-0.05, 0) is 6.08 Å². The van der Waals surface area contributed by atoms with Gasteiger partial charge in [0, 0.05) is 18.5 Å². The Kier molecular flexibility index (Phi) is 3.40. The Bertz CT molecular complexity index is 339. The maximum atomic E-state index is 10.7. The van der Waals surface area contributed by atoms with Gasteiger partial charge in [0.25, 0.3) is 0 Å². The summed E-state index contributed by atoms with van der Waals surface area (Å²) < 4.78 is 4.39. The normalized spacial score (nSPS) is 10.3. The Morgan fingerprint density at radius 2 is 2.23 bits per heavy atom. The standard InChI is InChI=1S/C8H7ClN2O2/c1-13-7(12)3-2-6-8(9)11-5-4-10-6/h2-5H,1H3. The second kappa shape index (κ2) is 4.57. The summed E-state index contributed by atoms with van der Waals surface area (Å²) in [6.07, 6.45) is 5.64. The summed E-state index contributed by atoms with van der Waals surface area (Å²) in [4.78, 5) is 18.4. The molecule has 0 fully saturated rings. The topological polar surface area (TPSA) is 52.1 Å². The summed E-state index contributed by atoms with van der Waals surface area (Å²) in [6, 6.07) is 0. The van der Waals surface area contributed by atoms with E-state index in [1.165, 1.54) is 31.7 Å². The van der Waals surface area contributed by atoms with Crippen molar-refractivity contribution in [3.63, 3.8) is 0 Å². The van der Waals surface area contributed by atoms with Gasteiger partial charge in [0.1, 0.15) is 5.69 Å². The van der Waals surface area contributed by atoms with Crippen LogP contribution in [-0.2, 0) is 9.53 Å². The summed E-state index contributed by atoms with van der Waals surface area (Å²) in [6.45, 7) is 0. The summed E-state index contributed by atoms with van der Waals surface area (Å²) in [5.41, 5.74) is 0.439. The summed E-state index contributed by atoms with van der Waals surface area (Å²) in [5.74, 6) is -0.457. The lowest BCUT2D eigenvalue weighted by atomic mass is 10.4. The molecule has 0 unspecified atom stereocenters. The summed E-state index contributed by atoms with van der Waals surface area (Å²) in [5, 5.41) is 0.252. The zero-order valence-electron chi connectivity index (χ0n) is 6.90. The molecule has 0 saturated carbocycles. The average Bonchev–Trinajstić information content (AvgIpc) is 2.16. The molecule has 13 heavy (non-hydrogen) atoms. The third kappa shape index (κ3) is 2.83. The number of carbonyl (C=O) groups excluding carboxylic acids is 1. The Morgan fingerprint density at radius 1 is 1.54 bits per heavy atom. The van der Waals surface area contributed by atoms with E-state index in [4.69, 9.17) is 11.6 Å². The number of nitrogens with zero attached hydrogens (tertiary/aromatic N) is 2. The zero-order chi connectivity index (χ0) is 9.68. The van der Waals surface area contributed by atoms with Crippen molar-refractivity contribution in [3.8, 4) is 0 Å². The molecule has 0 aliphatic rings. The van der Waals surface area contributed by atoms with Crippen LogP contribution in [0.2, 0.25) is 5.15 Å². The molecule has 1 aromatic heterocycles. The number of aromatic nitrogens is 2. The van der Waals surface area contributed by atoms with Gasteiger partial charge in [0.2, 0.25) is 0 Å². The van der Waals surface area contributed by atoms with Gasteiger partial charge in [-0.1, -0.05) is 11.6 Å². The Balaban J connectivity index is 2.80. The molecule has 1 heterocycles. The first-order valence-corrected chi connectivity index (χ1v) is 3.84. The Morgan fingerprint density at radius 3 is 2.85 bits per heavy atom. The molecule has 0 N–H and O–H groups in total. The van der Waals surface area contributed by atoms with Gasteiger partial charge in [-0.2, -0.15) is 0 Å². The highest BCUT2D eigenvalue weighted by molar-refractivity contribution is 6.30. The van der Waals surface area contributed by atoms with E-state index in [-0.39, 0.29) is 5.15 Å². The van der Waals surface area contributed by atoms with Gasteiger partial charge in [-0.25, -0.2) is 9.78 Å². The van der Waals surface area contributed by atoms with E-state index in [1.54, 1.807) is 0 Å². The number of hydrogen-bond donors (Lipinski definition) is 0. The van der Waals surface area contributed by atoms with Crippen LogP contribution in [0.15, 0.2) is 18.5 Å². The van der Waals surface area contributed by atoms with Gasteiger partial charge >= 0.3 is 5.97 Å². The van der Waals surface area contributed by atoms with Gasteiger partial charge in [0.15, 0.2) is 5.15 Å². The van der Waals surface area contributed by atoms with Gasteiger partial charge < -0.3 is 4.74 Å². The SMILES string of the molecule is COC(=O)C=Cc1nccnc1Cl. The van der Waals surface area contributed by atoms with Gasteiger partial charge in [-0.3, -0.25) is 4.98 Å². The second-order valence-corrected chi connectivity index (χ2v) is 2.45. The van der Waals surface area contributed by atoms with Crippen LogP contribution in [0.4, 0.5) is 0 Å².